The molecule has 1 amide bonds. The molecule has 2 aromatic rings. The first kappa shape index (κ1) is 21.8. The summed E-state index contributed by atoms with van der Waals surface area (Å²) in [6.07, 6.45) is 0. The molecule has 0 atom stereocenters. The van der Waals surface area contributed by atoms with Gasteiger partial charge in [-0.3, -0.25) is 9.52 Å². The molecule has 0 aliphatic heterocycles. The van der Waals surface area contributed by atoms with Crippen molar-refractivity contribution in [2.45, 2.75) is 52.0 Å². The van der Waals surface area contributed by atoms with Gasteiger partial charge in [-0.15, -0.1) is 0 Å². The lowest BCUT2D eigenvalue weighted by atomic mass is 10.1. The van der Waals surface area contributed by atoms with E-state index < -0.39 is 15.3 Å². The highest BCUT2D eigenvalue weighted by molar-refractivity contribution is 7.93. The van der Waals surface area contributed by atoms with Gasteiger partial charge in [-0.25, -0.2) is 8.42 Å². The van der Waals surface area contributed by atoms with Crippen molar-refractivity contribution >= 4 is 27.3 Å². The molecule has 2 aromatic carbocycles. The summed E-state index contributed by atoms with van der Waals surface area (Å²) in [5.41, 5.74) is 2.80. The number of carbonyl (C=O) groups is 1. The Morgan fingerprint density at radius 1 is 0.929 bits per heavy atom. The van der Waals surface area contributed by atoms with Crippen molar-refractivity contribution in [3.63, 3.8) is 0 Å². The number of anilines is 2. The second-order valence-electron chi connectivity index (χ2n) is 8.03. The standard InChI is InChI=1S/C21H29N3O3S/c1-15(2)28(26,27)24-19-10-6-16(7-11-19)14-22-18-12-8-17(9-13-18)20(25)23-21(3,4)5/h6-13,15,22,24H,14H2,1-5H3,(H,23,25). The van der Waals surface area contributed by atoms with Gasteiger partial charge in [0, 0.05) is 29.0 Å². The highest BCUT2D eigenvalue weighted by Crippen LogP contribution is 2.16. The van der Waals surface area contributed by atoms with Crippen molar-refractivity contribution in [3.05, 3.63) is 59.7 Å². The van der Waals surface area contributed by atoms with Crippen LogP contribution in [-0.4, -0.2) is 25.1 Å². The van der Waals surface area contributed by atoms with E-state index in [2.05, 4.69) is 15.4 Å². The fraction of sp³-hybridized carbons (Fsp3) is 0.381. The molecular weight excluding hydrogens is 374 g/mol. The van der Waals surface area contributed by atoms with E-state index in [1.54, 1.807) is 38.1 Å². The molecule has 0 aliphatic rings. The predicted octanol–water partition coefficient (Wildman–Crippen LogP) is 3.98. The maximum absolute atomic E-state index is 12.1. The molecular formula is C21H29N3O3S. The SMILES string of the molecule is CC(C)S(=O)(=O)Nc1ccc(CNc2ccc(C(=O)NC(C)(C)C)cc2)cc1. The third-order valence-corrected chi connectivity index (χ3v) is 5.73. The second kappa shape index (κ2) is 8.65. The minimum atomic E-state index is -3.34. The molecule has 2 rings (SSSR count). The Bertz CT molecular complexity index is 897. The van der Waals surface area contributed by atoms with Crippen molar-refractivity contribution in [1.82, 2.24) is 5.32 Å². The van der Waals surface area contributed by atoms with Crippen molar-refractivity contribution in [3.8, 4) is 0 Å². The van der Waals surface area contributed by atoms with Gasteiger partial charge in [0.05, 0.1) is 5.25 Å². The van der Waals surface area contributed by atoms with E-state index in [0.29, 0.717) is 17.8 Å². The summed E-state index contributed by atoms with van der Waals surface area (Å²) < 4.78 is 26.4. The fourth-order valence-electron chi connectivity index (χ4n) is 2.33. The molecule has 0 aromatic heterocycles. The smallest absolute Gasteiger partial charge is 0.251 e. The largest absolute Gasteiger partial charge is 0.381 e. The summed E-state index contributed by atoms with van der Waals surface area (Å²) in [6.45, 7) is 9.70. The number of carbonyl (C=O) groups excluding carboxylic acids is 1. The van der Waals surface area contributed by atoms with Crippen LogP contribution >= 0.6 is 0 Å². The quantitative estimate of drug-likeness (QED) is 0.653. The lowest BCUT2D eigenvalue weighted by molar-refractivity contribution is 0.0919. The molecule has 0 spiro atoms. The molecule has 0 radical (unpaired) electrons. The van der Waals surface area contributed by atoms with Gasteiger partial charge in [0.15, 0.2) is 0 Å². The topological polar surface area (TPSA) is 87.3 Å². The van der Waals surface area contributed by atoms with Crippen LogP contribution in [0.15, 0.2) is 48.5 Å². The van der Waals surface area contributed by atoms with Crippen LogP contribution in [-0.2, 0) is 16.6 Å². The maximum Gasteiger partial charge on any atom is 0.251 e. The number of sulfonamides is 1. The first-order chi connectivity index (χ1) is 13.0. The van der Waals surface area contributed by atoms with Crippen LogP contribution in [0.1, 0.15) is 50.5 Å². The molecule has 6 nitrogen and oxygen atoms in total. The Morgan fingerprint density at radius 2 is 1.46 bits per heavy atom. The Morgan fingerprint density at radius 3 is 1.96 bits per heavy atom. The highest BCUT2D eigenvalue weighted by Gasteiger charge is 2.16. The Hall–Kier alpha value is -2.54. The summed E-state index contributed by atoms with van der Waals surface area (Å²) in [5, 5.41) is 5.74. The van der Waals surface area contributed by atoms with Crippen LogP contribution in [0.3, 0.4) is 0 Å². The number of amides is 1. The normalized spacial score (nSPS) is 11.9. The summed E-state index contributed by atoms with van der Waals surface area (Å²) in [7, 11) is -3.34. The molecule has 152 valence electrons. The van der Waals surface area contributed by atoms with Crippen LogP contribution in [0.25, 0.3) is 0 Å². The summed E-state index contributed by atoms with van der Waals surface area (Å²) >= 11 is 0. The number of rotatable bonds is 7. The Kier molecular flexibility index (Phi) is 6.72. The van der Waals surface area contributed by atoms with E-state index >= 15 is 0 Å². The fourth-order valence-corrected chi connectivity index (χ4v) is 3.03. The molecule has 3 N–H and O–H groups in total. The van der Waals surface area contributed by atoms with E-state index in [0.717, 1.165) is 11.3 Å². The molecule has 0 heterocycles. The van der Waals surface area contributed by atoms with Gasteiger partial charge < -0.3 is 10.6 Å². The van der Waals surface area contributed by atoms with Gasteiger partial charge in [-0.05, 0) is 76.6 Å². The van der Waals surface area contributed by atoms with Crippen LogP contribution < -0.4 is 15.4 Å². The van der Waals surface area contributed by atoms with E-state index in [1.165, 1.54) is 0 Å². The third-order valence-electron chi connectivity index (χ3n) is 3.97. The predicted molar refractivity (Wildman–Crippen MR) is 115 cm³/mol. The Balaban J connectivity index is 1.93. The van der Waals surface area contributed by atoms with E-state index in [9.17, 15) is 13.2 Å². The van der Waals surface area contributed by atoms with Crippen LogP contribution in [0, 0.1) is 0 Å². The van der Waals surface area contributed by atoms with Gasteiger partial charge >= 0.3 is 0 Å². The van der Waals surface area contributed by atoms with Gasteiger partial charge in [0.1, 0.15) is 0 Å². The van der Waals surface area contributed by atoms with Crippen LogP contribution in [0.4, 0.5) is 11.4 Å². The van der Waals surface area contributed by atoms with E-state index in [4.69, 9.17) is 0 Å². The minimum Gasteiger partial charge on any atom is -0.381 e. The molecule has 28 heavy (non-hydrogen) atoms. The first-order valence-corrected chi connectivity index (χ1v) is 10.8. The number of nitrogens with one attached hydrogen (secondary N) is 3. The van der Waals surface area contributed by atoms with Crippen LogP contribution in [0.2, 0.25) is 0 Å². The van der Waals surface area contributed by atoms with Crippen molar-refractivity contribution in [2.24, 2.45) is 0 Å². The lowest BCUT2D eigenvalue weighted by Gasteiger charge is -2.20. The molecule has 7 heteroatoms. The summed E-state index contributed by atoms with van der Waals surface area (Å²) in [5.74, 6) is -0.0986. The number of hydrogen-bond donors (Lipinski definition) is 3. The zero-order chi connectivity index (χ0) is 20.9. The van der Waals surface area contributed by atoms with Crippen LogP contribution in [0.5, 0.6) is 0 Å². The first-order valence-electron chi connectivity index (χ1n) is 9.23. The molecule has 0 bridgehead atoms. The lowest BCUT2D eigenvalue weighted by Crippen LogP contribution is -2.40. The maximum atomic E-state index is 12.1. The highest BCUT2D eigenvalue weighted by atomic mass is 32.2. The van der Waals surface area contributed by atoms with Gasteiger partial charge in [0.2, 0.25) is 10.0 Å². The summed E-state index contributed by atoms with van der Waals surface area (Å²) in [4.78, 5) is 12.1. The average molecular weight is 404 g/mol. The van der Waals surface area contributed by atoms with Crippen molar-refractivity contribution in [1.29, 1.82) is 0 Å². The second-order valence-corrected chi connectivity index (χ2v) is 10.3. The third kappa shape index (κ3) is 6.56. The summed E-state index contributed by atoms with van der Waals surface area (Å²) in [6, 6.07) is 14.5. The van der Waals surface area contributed by atoms with E-state index in [1.807, 2.05) is 45.0 Å². The van der Waals surface area contributed by atoms with Gasteiger partial charge in [-0.2, -0.15) is 0 Å². The zero-order valence-electron chi connectivity index (χ0n) is 17.0. The van der Waals surface area contributed by atoms with Crippen molar-refractivity contribution < 1.29 is 13.2 Å². The molecule has 0 fully saturated rings. The van der Waals surface area contributed by atoms with Gasteiger partial charge in [-0.1, -0.05) is 12.1 Å². The molecule has 0 unspecified atom stereocenters. The number of benzene rings is 2. The van der Waals surface area contributed by atoms with Gasteiger partial charge in [0.25, 0.3) is 5.91 Å². The zero-order valence-corrected chi connectivity index (χ0v) is 17.9. The number of hydrogen-bond acceptors (Lipinski definition) is 4. The minimum absolute atomic E-state index is 0.0986. The van der Waals surface area contributed by atoms with Crippen molar-refractivity contribution in [2.75, 3.05) is 10.0 Å². The molecule has 0 saturated heterocycles. The molecule has 0 aliphatic carbocycles. The average Bonchev–Trinajstić information content (AvgIpc) is 2.59. The van der Waals surface area contributed by atoms with E-state index in [-0.39, 0.29) is 11.4 Å². The molecule has 0 saturated carbocycles. The monoisotopic (exact) mass is 403 g/mol. The Labute approximate surface area is 167 Å².